The number of rotatable bonds is 4. The van der Waals surface area contributed by atoms with Crippen LogP contribution in [0, 0.1) is 0 Å². The molecule has 0 aliphatic carbocycles. The summed E-state index contributed by atoms with van der Waals surface area (Å²) in [5.74, 6) is 0.783. The van der Waals surface area contributed by atoms with Gasteiger partial charge >= 0.3 is 0 Å². The molecular weight excluding hydrogens is 474 g/mol. The number of fused-ring (bicyclic) bond motifs is 1. The molecule has 1 unspecified atom stereocenters. The summed E-state index contributed by atoms with van der Waals surface area (Å²) in [6, 6.07) is 7.36. The molecule has 9 heteroatoms. The lowest BCUT2D eigenvalue weighted by atomic mass is 10.1. The monoisotopic (exact) mass is 488 g/mol. The Morgan fingerprint density at radius 1 is 1.15 bits per heavy atom. The zero-order valence-electron chi connectivity index (χ0n) is 14.2. The SMILES string of the molecule is Clc1cc(Cl)cc(COC2CCCN(c3nc4nc(Cl)c(Br)cc4[nH]3)C2)c1. The molecule has 142 valence electrons. The van der Waals surface area contributed by atoms with E-state index in [0.717, 1.165) is 47.4 Å². The number of H-pyrrole nitrogens is 1. The number of aromatic amines is 1. The van der Waals surface area contributed by atoms with Gasteiger partial charge in [-0.2, -0.15) is 4.98 Å². The molecule has 1 atom stereocenters. The molecule has 0 amide bonds. The lowest BCUT2D eigenvalue weighted by Gasteiger charge is -2.32. The molecular formula is C18H16BrCl3N4O. The molecule has 1 saturated heterocycles. The van der Waals surface area contributed by atoms with Crippen molar-refractivity contribution in [3.63, 3.8) is 0 Å². The molecule has 2 aromatic heterocycles. The maximum absolute atomic E-state index is 6.10. The second-order valence-corrected chi connectivity index (χ2v) is 8.58. The Kier molecular flexibility index (Phi) is 5.81. The van der Waals surface area contributed by atoms with E-state index in [1.54, 1.807) is 6.07 Å². The summed E-state index contributed by atoms with van der Waals surface area (Å²) in [5.41, 5.74) is 2.42. The average Bonchev–Trinajstić information content (AvgIpc) is 3.03. The molecule has 0 spiro atoms. The maximum Gasteiger partial charge on any atom is 0.205 e. The largest absolute Gasteiger partial charge is 0.372 e. The summed E-state index contributed by atoms with van der Waals surface area (Å²) in [7, 11) is 0. The highest BCUT2D eigenvalue weighted by atomic mass is 79.9. The lowest BCUT2D eigenvalue weighted by Crippen LogP contribution is -2.40. The fourth-order valence-corrected chi connectivity index (χ4v) is 4.23. The zero-order valence-corrected chi connectivity index (χ0v) is 18.0. The highest BCUT2D eigenvalue weighted by Crippen LogP contribution is 2.27. The number of pyridine rings is 1. The molecule has 1 aliphatic rings. The predicted octanol–water partition coefficient (Wildman–Crippen LogP) is 5.87. The first-order valence-electron chi connectivity index (χ1n) is 8.51. The van der Waals surface area contributed by atoms with Gasteiger partial charge in [-0.1, -0.05) is 34.8 Å². The molecule has 1 aromatic carbocycles. The Bertz CT molecular complexity index is 921. The minimum absolute atomic E-state index is 0.105. The Balaban J connectivity index is 1.44. The topological polar surface area (TPSA) is 54.0 Å². The van der Waals surface area contributed by atoms with Crippen molar-refractivity contribution in [3.8, 4) is 0 Å². The summed E-state index contributed by atoms with van der Waals surface area (Å²) < 4.78 is 6.84. The van der Waals surface area contributed by atoms with Crippen molar-refractivity contribution in [2.24, 2.45) is 0 Å². The Hall–Kier alpha value is -1.05. The van der Waals surface area contributed by atoms with Crippen molar-refractivity contribution in [1.82, 2.24) is 15.0 Å². The number of imidazole rings is 1. The van der Waals surface area contributed by atoms with Gasteiger partial charge in [-0.25, -0.2) is 4.98 Å². The molecule has 1 aliphatic heterocycles. The third-order valence-corrected chi connectivity index (χ3v) is 6.01. The van der Waals surface area contributed by atoms with Gasteiger partial charge in [-0.3, -0.25) is 0 Å². The highest BCUT2D eigenvalue weighted by molar-refractivity contribution is 9.10. The van der Waals surface area contributed by atoms with Crippen LogP contribution in [0.2, 0.25) is 15.2 Å². The van der Waals surface area contributed by atoms with Gasteiger partial charge in [0.15, 0.2) is 5.65 Å². The summed E-state index contributed by atoms with van der Waals surface area (Å²) in [5, 5.41) is 1.64. The Morgan fingerprint density at radius 3 is 2.70 bits per heavy atom. The molecule has 4 rings (SSSR count). The van der Waals surface area contributed by atoms with Gasteiger partial charge < -0.3 is 14.6 Å². The molecule has 0 bridgehead atoms. The van der Waals surface area contributed by atoms with Crippen LogP contribution in [-0.2, 0) is 11.3 Å². The van der Waals surface area contributed by atoms with Crippen LogP contribution in [0.25, 0.3) is 11.2 Å². The van der Waals surface area contributed by atoms with Crippen molar-refractivity contribution in [2.45, 2.75) is 25.6 Å². The maximum atomic E-state index is 6.10. The fourth-order valence-electron chi connectivity index (χ4n) is 3.21. The second-order valence-electron chi connectivity index (χ2n) is 6.49. The van der Waals surface area contributed by atoms with Gasteiger partial charge in [0.25, 0.3) is 0 Å². The first-order chi connectivity index (χ1) is 13.0. The molecule has 0 radical (unpaired) electrons. The van der Waals surface area contributed by atoms with E-state index < -0.39 is 0 Å². The number of nitrogens with zero attached hydrogens (tertiary/aromatic N) is 3. The number of ether oxygens (including phenoxy) is 1. The average molecular weight is 491 g/mol. The number of piperidine rings is 1. The number of hydrogen-bond acceptors (Lipinski definition) is 4. The van der Waals surface area contributed by atoms with Crippen molar-refractivity contribution in [3.05, 3.63) is 49.5 Å². The number of hydrogen-bond donors (Lipinski definition) is 1. The fraction of sp³-hybridized carbons (Fsp3) is 0.333. The van der Waals surface area contributed by atoms with Gasteiger partial charge in [0.2, 0.25) is 5.95 Å². The van der Waals surface area contributed by atoms with Gasteiger partial charge in [-0.15, -0.1) is 0 Å². The van der Waals surface area contributed by atoms with Crippen molar-refractivity contribution >= 4 is 67.8 Å². The van der Waals surface area contributed by atoms with Crippen LogP contribution in [0.3, 0.4) is 0 Å². The van der Waals surface area contributed by atoms with E-state index in [0.29, 0.717) is 27.5 Å². The second kappa shape index (κ2) is 8.13. The van der Waals surface area contributed by atoms with Crippen LogP contribution >= 0.6 is 50.7 Å². The Labute approximate surface area is 180 Å². The smallest absolute Gasteiger partial charge is 0.205 e. The van der Waals surface area contributed by atoms with Gasteiger partial charge in [0.05, 0.1) is 22.7 Å². The minimum Gasteiger partial charge on any atom is -0.372 e. The van der Waals surface area contributed by atoms with Crippen molar-refractivity contribution in [1.29, 1.82) is 0 Å². The van der Waals surface area contributed by atoms with Crippen LogP contribution in [0.1, 0.15) is 18.4 Å². The van der Waals surface area contributed by atoms with Gasteiger partial charge in [-0.05, 0) is 58.6 Å². The third kappa shape index (κ3) is 4.51. The first kappa shape index (κ1) is 19.3. The molecule has 1 N–H and O–H groups in total. The number of benzene rings is 1. The van der Waals surface area contributed by atoms with Crippen LogP contribution in [0.15, 0.2) is 28.7 Å². The molecule has 3 heterocycles. The third-order valence-electron chi connectivity index (χ3n) is 4.46. The van der Waals surface area contributed by atoms with Crippen LogP contribution in [0.5, 0.6) is 0 Å². The summed E-state index contributed by atoms with van der Waals surface area (Å²) in [6.45, 7) is 2.14. The van der Waals surface area contributed by atoms with E-state index in [9.17, 15) is 0 Å². The number of halogens is 4. The van der Waals surface area contributed by atoms with Gasteiger partial charge in [0, 0.05) is 23.1 Å². The number of anilines is 1. The summed E-state index contributed by atoms with van der Waals surface area (Å²) in [6.07, 6.45) is 2.13. The predicted molar refractivity (Wildman–Crippen MR) is 113 cm³/mol. The Morgan fingerprint density at radius 2 is 1.93 bits per heavy atom. The zero-order chi connectivity index (χ0) is 19.0. The standard InChI is InChI=1S/C18H16BrCl3N4O/c19-14-7-15-17(24-16(14)22)25-18(23-15)26-3-1-2-13(8-26)27-9-10-4-11(20)6-12(21)5-10/h4-7,13H,1-3,8-9H2,(H,23,24,25). The normalized spacial score (nSPS) is 17.6. The molecule has 1 fully saturated rings. The van der Waals surface area contributed by atoms with E-state index in [2.05, 4.69) is 35.8 Å². The quantitative estimate of drug-likeness (QED) is 0.465. The van der Waals surface area contributed by atoms with E-state index in [-0.39, 0.29) is 6.10 Å². The van der Waals surface area contributed by atoms with Gasteiger partial charge in [0.1, 0.15) is 5.15 Å². The molecule has 3 aromatic rings. The van der Waals surface area contributed by atoms with Crippen LogP contribution in [0.4, 0.5) is 5.95 Å². The number of aromatic nitrogens is 3. The van der Waals surface area contributed by atoms with Crippen molar-refractivity contribution in [2.75, 3.05) is 18.0 Å². The van der Waals surface area contributed by atoms with E-state index in [1.807, 2.05) is 18.2 Å². The molecule has 0 saturated carbocycles. The van der Waals surface area contributed by atoms with E-state index in [1.165, 1.54) is 0 Å². The minimum atomic E-state index is 0.105. The first-order valence-corrected chi connectivity index (χ1v) is 10.4. The summed E-state index contributed by atoms with van der Waals surface area (Å²) in [4.78, 5) is 14.4. The molecule has 5 nitrogen and oxygen atoms in total. The molecule has 27 heavy (non-hydrogen) atoms. The van der Waals surface area contributed by atoms with Crippen LogP contribution in [-0.4, -0.2) is 34.1 Å². The number of nitrogens with one attached hydrogen (secondary N) is 1. The highest BCUT2D eigenvalue weighted by Gasteiger charge is 2.23. The van der Waals surface area contributed by atoms with Crippen LogP contribution < -0.4 is 4.90 Å². The van der Waals surface area contributed by atoms with Crippen molar-refractivity contribution < 1.29 is 4.74 Å². The van der Waals surface area contributed by atoms with E-state index >= 15 is 0 Å². The van der Waals surface area contributed by atoms with E-state index in [4.69, 9.17) is 39.5 Å². The summed E-state index contributed by atoms with van der Waals surface area (Å²) >= 11 is 21.6. The lowest BCUT2D eigenvalue weighted by molar-refractivity contribution is 0.0313.